The van der Waals surface area contributed by atoms with Gasteiger partial charge < -0.3 is 4.90 Å². The maximum absolute atomic E-state index is 12.4. The summed E-state index contributed by atoms with van der Waals surface area (Å²) in [7, 11) is 3.50. The maximum Gasteiger partial charge on any atom is 0.270 e. The molecule has 1 amide bonds. The number of nitro groups is 1. The molecule has 0 aliphatic heterocycles. The predicted molar refractivity (Wildman–Crippen MR) is 85.8 cm³/mol. The first-order chi connectivity index (χ1) is 10.8. The van der Waals surface area contributed by atoms with Crippen LogP contribution in [0.25, 0.3) is 0 Å². The lowest BCUT2D eigenvalue weighted by Crippen LogP contribution is -2.19. The first-order valence-corrected chi connectivity index (χ1v) is 6.99. The van der Waals surface area contributed by atoms with E-state index in [9.17, 15) is 14.9 Å². The molecular formula is C14H18N6O3. The summed E-state index contributed by atoms with van der Waals surface area (Å²) in [4.78, 5) is 28.7. The van der Waals surface area contributed by atoms with Gasteiger partial charge in [0.1, 0.15) is 5.82 Å². The van der Waals surface area contributed by atoms with Gasteiger partial charge in [0.15, 0.2) is 0 Å². The lowest BCUT2D eigenvalue weighted by atomic mass is 10.1. The third kappa shape index (κ3) is 3.62. The second-order valence-electron chi connectivity index (χ2n) is 5.51. The second-order valence-corrected chi connectivity index (χ2v) is 5.51. The molecule has 0 aliphatic carbocycles. The van der Waals surface area contributed by atoms with Gasteiger partial charge in [-0.15, -0.1) is 5.10 Å². The van der Waals surface area contributed by atoms with E-state index in [4.69, 9.17) is 0 Å². The summed E-state index contributed by atoms with van der Waals surface area (Å²) >= 11 is 0. The molecule has 9 nitrogen and oxygen atoms in total. The van der Waals surface area contributed by atoms with Crippen LogP contribution in [0.1, 0.15) is 35.9 Å². The van der Waals surface area contributed by atoms with E-state index >= 15 is 0 Å². The number of non-ortho nitro benzene ring substituents is 1. The van der Waals surface area contributed by atoms with Crippen molar-refractivity contribution < 1.29 is 9.72 Å². The minimum atomic E-state index is -0.542. The number of anilines is 2. The van der Waals surface area contributed by atoms with E-state index in [2.05, 4.69) is 20.5 Å². The zero-order chi connectivity index (χ0) is 17.1. The molecule has 0 radical (unpaired) electrons. The van der Waals surface area contributed by atoms with Crippen molar-refractivity contribution in [3.8, 4) is 0 Å². The topological polar surface area (TPSA) is 117 Å². The molecule has 2 aromatic rings. The van der Waals surface area contributed by atoms with Crippen LogP contribution >= 0.6 is 0 Å². The number of hydrogen-bond acceptors (Lipinski definition) is 6. The Bertz CT molecular complexity index is 738. The van der Waals surface area contributed by atoms with E-state index in [1.165, 1.54) is 18.2 Å². The number of carbonyl (C=O) groups excluding carboxylic acids is 1. The largest absolute Gasteiger partial charge is 0.377 e. The van der Waals surface area contributed by atoms with Gasteiger partial charge >= 0.3 is 0 Å². The number of rotatable bonds is 5. The molecule has 0 unspecified atom stereocenters. The SMILES string of the molecule is CC(C)c1nc(NC(=O)c2cc([N+](=O)[O-])ccc2N(C)C)n[nH]1. The Labute approximate surface area is 132 Å². The van der Waals surface area contributed by atoms with Crippen LogP contribution in [0.4, 0.5) is 17.3 Å². The average molecular weight is 318 g/mol. The molecule has 122 valence electrons. The van der Waals surface area contributed by atoms with Gasteiger partial charge in [0.05, 0.1) is 10.5 Å². The summed E-state index contributed by atoms with van der Waals surface area (Å²) in [6.45, 7) is 3.88. The Morgan fingerprint density at radius 2 is 2.09 bits per heavy atom. The van der Waals surface area contributed by atoms with E-state index in [0.717, 1.165) is 0 Å². The first-order valence-electron chi connectivity index (χ1n) is 6.99. The third-order valence-electron chi connectivity index (χ3n) is 3.19. The number of hydrogen-bond donors (Lipinski definition) is 2. The van der Waals surface area contributed by atoms with E-state index < -0.39 is 10.8 Å². The molecule has 0 saturated carbocycles. The molecule has 1 aromatic heterocycles. The van der Waals surface area contributed by atoms with Gasteiger partial charge in [0.25, 0.3) is 11.6 Å². The molecule has 0 spiro atoms. The quantitative estimate of drug-likeness (QED) is 0.644. The summed E-state index contributed by atoms with van der Waals surface area (Å²) in [6.07, 6.45) is 0. The Morgan fingerprint density at radius 1 is 1.39 bits per heavy atom. The molecule has 2 rings (SSSR count). The van der Waals surface area contributed by atoms with Crippen LogP contribution in [0.5, 0.6) is 0 Å². The van der Waals surface area contributed by atoms with Crippen molar-refractivity contribution in [1.82, 2.24) is 15.2 Å². The Morgan fingerprint density at radius 3 is 2.61 bits per heavy atom. The monoisotopic (exact) mass is 318 g/mol. The second kappa shape index (κ2) is 6.42. The van der Waals surface area contributed by atoms with Crippen molar-refractivity contribution in [1.29, 1.82) is 0 Å². The minimum Gasteiger partial charge on any atom is -0.377 e. The molecular weight excluding hydrogens is 300 g/mol. The maximum atomic E-state index is 12.4. The standard InChI is InChI=1S/C14H18N6O3/c1-8(2)12-15-14(18-17-12)16-13(21)10-7-9(20(22)23)5-6-11(10)19(3)4/h5-8H,1-4H3,(H2,15,16,17,18,21). The number of benzene rings is 1. The average Bonchev–Trinajstić information content (AvgIpc) is 2.95. The highest BCUT2D eigenvalue weighted by molar-refractivity contribution is 6.07. The molecule has 9 heteroatoms. The smallest absolute Gasteiger partial charge is 0.270 e. The van der Waals surface area contributed by atoms with Crippen molar-refractivity contribution in [3.63, 3.8) is 0 Å². The predicted octanol–water partition coefficient (Wildman–Crippen LogP) is 2.15. The summed E-state index contributed by atoms with van der Waals surface area (Å²) in [5.74, 6) is 0.414. The number of carbonyl (C=O) groups is 1. The van der Waals surface area contributed by atoms with Crippen LogP contribution in [0.3, 0.4) is 0 Å². The van der Waals surface area contributed by atoms with Crippen molar-refractivity contribution in [2.45, 2.75) is 19.8 Å². The van der Waals surface area contributed by atoms with Crippen LogP contribution in [0, 0.1) is 10.1 Å². The molecule has 2 N–H and O–H groups in total. The number of aromatic nitrogens is 3. The van der Waals surface area contributed by atoms with E-state index in [-0.39, 0.29) is 23.1 Å². The Hall–Kier alpha value is -2.97. The van der Waals surface area contributed by atoms with Gasteiger partial charge in [-0.05, 0) is 6.07 Å². The zero-order valence-corrected chi connectivity index (χ0v) is 13.3. The van der Waals surface area contributed by atoms with Crippen molar-refractivity contribution in [2.75, 3.05) is 24.3 Å². The normalized spacial score (nSPS) is 10.7. The molecule has 0 atom stereocenters. The molecule has 0 aliphatic rings. The van der Waals surface area contributed by atoms with Crippen molar-refractivity contribution in [2.24, 2.45) is 0 Å². The fourth-order valence-electron chi connectivity index (χ4n) is 1.97. The Balaban J connectivity index is 2.32. The van der Waals surface area contributed by atoms with E-state index in [0.29, 0.717) is 11.5 Å². The summed E-state index contributed by atoms with van der Waals surface area (Å²) in [6, 6.07) is 4.13. The highest BCUT2D eigenvalue weighted by Gasteiger charge is 2.19. The number of nitro benzene ring substituents is 1. The molecule has 1 heterocycles. The summed E-state index contributed by atoms with van der Waals surface area (Å²) in [5.41, 5.74) is 0.589. The van der Waals surface area contributed by atoms with Gasteiger partial charge in [-0.3, -0.25) is 25.3 Å². The van der Waals surface area contributed by atoms with Crippen LogP contribution in [0.15, 0.2) is 18.2 Å². The number of aromatic amines is 1. The van der Waals surface area contributed by atoms with Crippen LogP contribution in [-0.4, -0.2) is 40.1 Å². The fraction of sp³-hybridized carbons (Fsp3) is 0.357. The number of amides is 1. The fourth-order valence-corrected chi connectivity index (χ4v) is 1.97. The van der Waals surface area contributed by atoms with Crippen LogP contribution in [0.2, 0.25) is 0 Å². The lowest BCUT2D eigenvalue weighted by molar-refractivity contribution is -0.384. The van der Waals surface area contributed by atoms with Crippen LogP contribution < -0.4 is 10.2 Å². The number of nitrogens with one attached hydrogen (secondary N) is 2. The van der Waals surface area contributed by atoms with Crippen LogP contribution in [-0.2, 0) is 0 Å². The Kier molecular flexibility index (Phi) is 4.58. The summed E-state index contributed by atoms with van der Waals surface area (Å²) in [5, 5.41) is 20.1. The van der Waals surface area contributed by atoms with E-state index in [1.54, 1.807) is 19.0 Å². The van der Waals surface area contributed by atoms with Crippen molar-refractivity contribution in [3.05, 3.63) is 39.7 Å². The number of nitrogens with zero attached hydrogens (tertiary/aromatic N) is 4. The van der Waals surface area contributed by atoms with Gasteiger partial charge in [-0.1, -0.05) is 13.8 Å². The highest BCUT2D eigenvalue weighted by Crippen LogP contribution is 2.25. The third-order valence-corrected chi connectivity index (χ3v) is 3.19. The molecule has 0 bridgehead atoms. The lowest BCUT2D eigenvalue weighted by Gasteiger charge is -2.16. The van der Waals surface area contributed by atoms with Gasteiger partial charge in [0.2, 0.25) is 5.95 Å². The van der Waals surface area contributed by atoms with Gasteiger partial charge in [-0.2, -0.15) is 4.98 Å². The molecule has 1 aromatic carbocycles. The van der Waals surface area contributed by atoms with Crippen molar-refractivity contribution >= 4 is 23.2 Å². The van der Waals surface area contributed by atoms with Gasteiger partial charge in [0, 0.05) is 37.8 Å². The zero-order valence-electron chi connectivity index (χ0n) is 13.3. The number of H-pyrrole nitrogens is 1. The molecule has 0 fully saturated rings. The highest BCUT2D eigenvalue weighted by atomic mass is 16.6. The minimum absolute atomic E-state index is 0.134. The molecule has 0 saturated heterocycles. The van der Waals surface area contributed by atoms with E-state index in [1.807, 2.05) is 13.8 Å². The molecule has 23 heavy (non-hydrogen) atoms. The van der Waals surface area contributed by atoms with Gasteiger partial charge in [-0.25, -0.2) is 0 Å². The summed E-state index contributed by atoms with van der Waals surface area (Å²) < 4.78 is 0. The first kappa shape index (κ1) is 16.4.